The molecule has 4 N–H and O–H groups in total. The molecule has 0 spiro atoms. The summed E-state index contributed by atoms with van der Waals surface area (Å²) in [7, 11) is -7.81. The van der Waals surface area contributed by atoms with E-state index in [0.29, 0.717) is 17.2 Å². The van der Waals surface area contributed by atoms with Crippen LogP contribution in [0, 0.1) is 0 Å². The van der Waals surface area contributed by atoms with Crippen LogP contribution >= 0.6 is 11.6 Å². The first kappa shape index (κ1) is 28.5. The third-order valence-electron chi connectivity index (χ3n) is 7.50. The number of anilines is 3. The second-order valence-corrected chi connectivity index (χ2v) is 14.3. The minimum atomic E-state index is -3.91. The fraction of sp³-hybridized carbons (Fsp3) is 0.308. The zero-order chi connectivity index (χ0) is 29.8. The molecule has 0 saturated carbocycles. The lowest BCUT2D eigenvalue weighted by atomic mass is 10.1. The molecule has 42 heavy (non-hydrogen) atoms. The smallest absolute Gasteiger partial charge is 0.415 e. The van der Waals surface area contributed by atoms with Crippen molar-refractivity contribution < 1.29 is 31.1 Å². The first-order valence-corrected chi connectivity index (χ1v) is 16.3. The number of nitrogens with zero attached hydrogens (tertiary/aromatic N) is 4. The van der Waals surface area contributed by atoms with Gasteiger partial charge in [-0.15, -0.1) is 0 Å². The zero-order valence-corrected chi connectivity index (χ0v) is 24.5. The summed E-state index contributed by atoms with van der Waals surface area (Å²) < 4.78 is 65.9. The zero-order valence-electron chi connectivity index (χ0n) is 22.1. The minimum Gasteiger partial charge on any atom is -0.489 e. The molecule has 1 amide bonds. The summed E-state index contributed by atoms with van der Waals surface area (Å²) in [5.41, 5.74) is 12.3. The molecule has 3 aliphatic rings. The molecule has 0 radical (unpaired) electrons. The van der Waals surface area contributed by atoms with Crippen LogP contribution in [0.25, 0.3) is 0 Å². The summed E-state index contributed by atoms with van der Waals surface area (Å²) in [6.45, 7) is 1.01. The number of cyclic esters (lactones) is 1. The number of rotatable bonds is 6. The largest absolute Gasteiger partial charge is 0.489 e. The third-order valence-corrected chi connectivity index (χ3v) is 11.3. The Balaban J connectivity index is 1.19. The number of piperazine rings is 1. The lowest BCUT2D eigenvalue weighted by molar-refractivity contribution is 0.126. The molecule has 13 nitrogen and oxygen atoms in total. The number of fused-ring (bicyclic) bond motifs is 3. The highest BCUT2D eigenvalue weighted by Crippen LogP contribution is 2.40. The van der Waals surface area contributed by atoms with Gasteiger partial charge in [0.05, 0.1) is 20.4 Å². The molecule has 222 valence electrons. The Morgan fingerprint density at radius 2 is 1.62 bits per heavy atom. The molecule has 3 aromatic rings. The Morgan fingerprint density at radius 1 is 0.929 bits per heavy atom. The number of pyridine rings is 1. The van der Waals surface area contributed by atoms with Crippen LogP contribution in [0.5, 0.6) is 5.75 Å². The van der Waals surface area contributed by atoms with Gasteiger partial charge in [0.15, 0.2) is 0 Å². The van der Waals surface area contributed by atoms with Crippen molar-refractivity contribution >= 4 is 54.7 Å². The molecule has 2 fully saturated rings. The molecule has 0 aliphatic carbocycles. The van der Waals surface area contributed by atoms with Crippen LogP contribution in [-0.2, 0) is 24.6 Å². The van der Waals surface area contributed by atoms with Gasteiger partial charge in [-0.25, -0.2) is 26.6 Å². The second-order valence-electron chi connectivity index (χ2n) is 9.98. The summed E-state index contributed by atoms with van der Waals surface area (Å²) in [6, 6.07) is 12.5. The Hall–Kier alpha value is -3.63. The Morgan fingerprint density at radius 3 is 2.31 bits per heavy atom. The Labute approximate surface area is 247 Å². The highest BCUT2D eigenvalue weighted by Gasteiger charge is 2.46. The molecular formula is C26H27ClN6O7S2. The lowest BCUT2D eigenvalue weighted by Gasteiger charge is -2.35. The van der Waals surface area contributed by atoms with Gasteiger partial charge in [0.25, 0.3) is 0 Å². The van der Waals surface area contributed by atoms with Crippen molar-refractivity contribution in [1.82, 2.24) is 9.29 Å². The van der Waals surface area contributed by atoms with E-state index in [9.17, 15) is 21.6 Å². The van der Waals surface area contributed by atoms with Crippen molar-refractivity contribution in [2.24, 2.45) is 5.73 Å². The molecule has 0 unspecified atom stereocenters. The molecule has 2 saturated heterocycles. The fourth-order valence-electron chi connectivity index (χ4n) is 5.24. The number of benzene rings is 2. The van der Waals surface area contributed by atoms with Gasteiger partial charge < -0.3 is 25.8 Å². The molecule has 6 rings (SSSR count). The summed E-state index contributed by atoms with van der Waals surface area (Å²) in [5.74, 6) is 0.581. The Bertz CT molecular complexity index is 1760. The van der Waals surface area contributed by atoms with Gasteiger partial charge in [0, 0.05) is 44.5 Å². The van der Waals surface area contributed by atoms with Crippen molar-refractivity contribution in [2.45, 2.75) is 26.8 Å². The van der Waals surface area contributed by atoms with Crippen LogP contribution in [0.15, 0.2) is 69.3 Å². The van der Waals surface area contributed by atoms with Crippen LogP contribution in [0.2, 0.25) is 5.15 Å². The van der Waals surface area contributed by atoms with E-state index in [4.69, 9.17) is 32.5 Å². The quantitative estimate of drug-likeness (QED) is 0.298. The molecule has 16 heteroatoms. The summed E-state index contributed by atoms with van der Waals surface area (Å²) in [4.78, 5) is 20.0. The van der Waals surface area contributed by atoms with Crippen LogP contribution < -0.4 is 26.0 Å². The van der Waals surface area contributed by atoms with Crippen LogP contribution in [0.4, 0.5) is 22.0 Å². The number of nitrogens with two attached hydrogens (primary N) is 2. The lowest BCUT2D eigenvalue weighted by Crippen LogP contribution is -2.49. The minimum absolute atomic E-state index is 0.00691. The average Bonchev–Trinajstić information content (AvgIpc) is 3.32. The number of hydrogen-bond donors (Lipinski definition) is 2. The molecule has 3 aliphatic heterocycles. The summed E-state index contributed by atoms with van der Waals surface area (Å²) in [6.07, 6.45) is -1.06. The number of sulfonamides is 1. The van der Waals surface area contributed by atoms with E-state index in [2.05, 4.69) is 4.98 Å². The summed E-state index contributed by atoms with van der Waals surface area (Å²) >= 11 is 6.21. The second kappa shape index (κ2) is 10.6. The van der Waals surface area contributed by atoms with Gasteiger partial charge in [-0.2, -0.15) is 4.31 Å². The highest BCUT2D eigenvalue weighted by atomic mass is 35.5. The number of carbonyl (C=O) groups is 1. The van der Waals surface area contributed by atoms with Crippen LogP contribution in [-0.4, -0.2) is 83.7 Å². The molecule has 4 heterocycles. The van der Waals surface area contributed by atoms with E-state index in [1.807, 2.05) is 0 Å². The molecule has 2 aromatic carbocycles. The molecule has 2 atom stereocenters. The van der Waals surface area contributed by atoms with E-state index in [1.165, 1.54) is 63.8 Å². The number of amides is 1. The number of hydrogen-bond acceptors (Lipinski definition) is 11. The highest BCUT2D eigenvalue weighted by molar-refractivity contribution is 7.91. The van der Waals surface area contributed by atoms with Gasteiger partial charge in [0.2, 0.25) is 19.9 Å². The number of ether oxygens (including phenoxy) is 2. The van der Waals surface area contributed by atoms with E-state index in [0.717, 1.165) is 0 Å². The van der Waals surface area contributed by atoms with Gasteiger partial charge in [-0.05, 0) is 48.5 Å². The normalized spacial score (nSPS) is 21.0. The standard InChI is InChI=1S/C26H27ClN6O7S2/c27-24-12-19(41(35,36)17-3-1-16(29)2-4-17)13-25(30-24)31-7-9-32(10-8-31)42(37,38)18-5-6-20-22(11-18)39-15-21-23(14-28)40-26(34)33(20)21/h1-6,11-13,21,23H,7-10,14-15,28-29H2/t21-,23+/m1/s1. The number of halogens is 1. The molecule has 0 bridgehead atoms. The van der Waals surface area contributed by atoms with Crippen molar-refractivity contribution in [3.05, 3.63) is 59.8 Å². The monoisotopic (exact) mass is 634 g/mol. The molecule has 1 aromatic heterocycles. The van der Waals surface area contributed by atoms with Gasteiger partial charge >= 0.3 is 6.09 Å². The van der Waals surface area contributed by atoms with Crippen LogP contribution in [0.3, 0.4) is 0 Å². The van der Waals surface area contributed by atoms with E-state index in [1.54, 1.807) is 4.90 Å². The van der Waals surface area contributed by atoms with Gasteiger partial charge in [-0.3, -0.25) is 4.90 Å². The van der Waals surface area contributed by atoms with Crippen molar-refractivity contribution in [1.29, 1.82) is 0 Å². The number of sulfone groups is 1. The third kappa shape index (κ3) is 4.90. The fourth-order valence-corrected chi connectivity index (χ4v) is 8.24. The van der Waals surface area contributed by atoms with Crippen LogP contribution in [0.1, 0.15) is 0 Å². The Kier molecular flexibility index (Phi) is 7.17. The summed E-state index contributed by atoms with van der Waals surface area (Å²) in [5, 5.41) is -0.00691. The van der Waals surface area contributed by atoms with Crippen molar-refractivity contribution in [2.75, 3.05) is 54.9 Å². The maximum absolute atomic E-state index is 13.5. The van der Waals surface area contributed by atoms with Crippen molar-refractivity contribution in [3.63, 3.8) is 0 Å². The number of nitrogen functional groups attached to an aromatic ring is 1. The van der Waals surface area contributed by atoms with Gasteiger partial charge in [0.1, 0.15) is 35.5 Å². The number of aromatic nitrogens is 1. The first-order valence-electron chi connectivity index (χ1n) is 13.0. The first-order chi connectivity index (χ1) is 20.0. The van der Waals surface area contributed by atoms with Crippen molar-refractivity contribution in [3.8, 4) is 5.75 Å². The van der Waals surface area contributed by atoms with E-state index >= 15 is 0 Å². The van der Waals surface area contributed by atoms with E-state index < -0.39 is 32.1 Å². The maximum atomic E-state index is 13.5. The molecular weight excluding hydrogens is 608 g/mol. The maximum Gasteiger partial charge on any atom is 0.415 e. The SMILES string of the molecule is NC[C@@H]1OC(=O)N2c3ccc(S(=O)(=O)N4CCN(c5cc(S(=O)(=O)c6ccc(N)cc6)cc(Cl)n5)CC4)cc3OC[C@H]12. The topological polar surface area (TPSA) is 178 Å². The predicted molar refractivity (Wildman–Crippen MR) is 154 cm³/mol. The average molecular weight is 635 g/mol. The van der Waals surface area contributed by atoms with E-state index in [-0.39, 0.29) is 71.0 Å². The predicted octanol–water partition coefficient (Wildman–Crippen LogP) is 1.71. The van der Waals surface area contributed by atoms with Gasteiger partial charge in [-0.1, -0.05) is 11.6 Å². The number of carbonyl (C=O) groups excluding carboxylic acids is 1.